The number of piperidine rings is 1. The normalized spacial score (nSPS) is 21.4. The highest BCUT2D eigenvalue weighted by atomic mass is 16.4. The molecule has 1 rings (SSSR count). The molecule has 1 atom stereocenters. The fraction of sp³-hybridized carbons (Fsp3) is 0.917. The Balaban J connectivity index is 2.61. The lowest BCUT2D eigenvalue weighted by atomic mass is 10.0. The summed E-state index contributed by atoms with van der Waals surface area (Å²) < 4.78 is 0. The van der Waals surface area contributed by atoms with Crippen LogP contribution in [0.4, 0.5) is 0 Å². The predicted molar refractivity (Wildman–Crippen MR) is 66.0 cm³/mol. The Hall–Kier alpha value is -0.650. The summed E-state index contributed by atoms with van der Waals surface area (Å²) in [6, 6.07) is 0.391. The molecule has 1 aliphatic heterocycles. The minimum Gasteiger partial charge on any atom is -0.479 e. The number of nitrogens with one attached hydrogen (secondary N) is 1. The lowest BCUT2D eigenvalue weighted by molar-refractivity contribution is -0.159. The van der Waals surface area contributed by atoms with Crippen LogP contribution in [-0.2, 0) is 4.79 Å². The first-order chi connectivity index (χ1) is 7.97. The van der Waals surface area contributed by atoms with E-state index in [0.29, 0.717) is 6.04 Å². The number of carbonyl (C=O) groups is 1. The number of nitrogens with zero attached hydrogens (tertiary/aromatic N) is 1. The highest BCUT2D eigenvalue weighted by Gasteiger charge is 2.34. The highest BCUT2D eigenvalue weighted by molar-refractivity contribution is 5.76. The van der Waals surface area contributed by atoms with Crippen LogP contribution < -0.4 is 5.32 Å². The van der Waals surface area contributed by atoms with Crippen molar-refractivity contribution in [2.24, 2.45) is 0 Å². The molecule has 0 saturated carbocycles. The van der Waals surface area contributed by atoms with Gasteiger partial charge in [-0.05, 0) is 45.8 Å². The summed E-state index contributed by atoms with van der Waals surface area (Å²) in [5.74, 6) is -1.15. The van der Waals surface area contributed by atoms with Crippen LogP contribution in [-0.4, -0.2) is 58.9 Å². The Morgan fingerprint density at radius 3 is 2.53 bits per heavy atom. The van der Waals surface area contributed by atoms with E-state index in [1.54, 1.807) is 0 Å². The van der Waals surface area contributed by atoms with Crippen LogP contribution in [0.5, 0.6) is 0 Å². The molecule has 1 saturated heterocycles. The SMILES string of the molecule is CCCN(CC(C)(O)C(=O)O)C1CCNCC1. The van der Waals surface area contributed by atoms with Crippen LogP contribution in [0.3, 0.4) is 0 Å². The molecule has 0 bridgehead atoms. The first-order valence-electron chi connectivity index (χ1n) is 6.38. The summed E-state index contributed by atoms with van der Waals surface area (Å²) in [7, 11) is 0. The van der Waals surface area contributed by atoms with Gasteiger partial charge in [0.05, 0.1) is 0 Å². The van der Waals surface area contributed by atoms with Crippen molar-refractivity contribution in [1.82, 2.24) is 10.2 Å². The fourth-order valence-electron chi connectivity index (χ4n) is 2.31. The van der Waals surface area contributed by atoms with Gasteiger partial charge in [-0.2, -0.15) is 0 Å². The molecule has 0 aromatic heterocycles. The van der Waals surface area contributed by atoms with Gasteiger partial charge in [-0.25, -0.2) is 4.79 Å². The molecule has 0 radical (unpaired) electrons. The van der Waals surface area contributed by atoms with Crippen molar-refractivity contribution in [2.45, 2.75) is 44.8 Å². The summed E-state index contributed by atoms with van der Waals surface area (Å²) in [5, 5.41) is 22.1. The second-order valence-corrected chi connectivity index (χ2v) is 5.03. The molecule has 1 heterocycles. The number of carboxylic acids is 1. The number of hydrogen-bond donors (Lipinski definition) is 3. The first-order valence-corrected chi connectivity index (χ1v) is 6.38. The Morgan fingerprint density at radius 1 is 1.47 bits per heavy atom. The van der Waals surface area contributed by atoms with Crippen molar-refractivity contribution in [1.29, 1.82) is 0 Å². The lowest BCUT2D eigenvalue weighted by Crippen LogP contribution is -2.52. The largest absolute Gasteiger partial charge is 0.479 e. The van der Waals surface area contributed by atoms with Gasteiger partial charge in [0.1, 0.15) is 0 Å². The third kappa shape index (κ3) is 4.26. The number of hydrogen-bond acceptors (Lipinski definition) is 4. The Kier molecular flexibility index (Phi) is 5.36. The molecule has 17 heavy (non-hydrogen) atoms. The molecule has 100 valence electrons. The van der Waals surface area contributed by atoms with Gasteiger partial charge in [0.15, 0.2) is 5.60 Å². The first kappa shape index (κ1) is 14.4. The fourth-order valence-corrected chi connectivity index (χ4v) is 2.31. The van der Waals surface area contributed by atoms with Crippen LogP contribution in [0.2, 0.25) is 0 Å². The molecular formula is C12H24N2O3. The van der Waals surface area contributed by atoms with Gasteiger partial charge in [0.25, 0.3) is 0 Å². The minimum absolute atomic E-state index is 0.209. The molecular weight excluding hydrogens is 220 g/mol. The zero-order valence-corrected chi connectivity index (χ0v) is 10.8. The van der Waals surface area contributed by atoms with Gasteiger partial charge < -0.3 is 15.5 Å². The van der Waals surface area contributed by atoms with E-state index in [0.717, 1.165) is 38.9 Å². The van der Waals surface area contributed by atoms with E-state index in [4.69, 9.17) is 5.11 Å². The van der Waals surface area contributed by atoms with Gasteiger partial charge in [0.2, 0.25) is 0 Å². The molecule has 0 amide bonds. The van der Waals surface area contributed by atoms with E-state index in [2.05, 4.69) is 17.1 Å². The van der Waals surface area contributed by atoms with Gasteiger partial charge in [-0.1, -0.05) is 6.92 Å². The molecule has 0 aliphatic carbocycles. The third-order valence-electron chi connectivity index (χ3n) is 3.31. The second kappa shape index (κ2) is 6.33. The third-order valence-corrected chi connectivity index (χ3v) is 3.31. The van der Waals surface area contributed by atoms with Crippen molar-refractivity contribution in [3.05, 3.63) is 0 Å². The Labute approximate surface area is 103 Å². The van der Waals surface area contributed by atoms with Crippen LogP contribution in [0, 0.1) is 0 Å². The summed E-state index contributed by atoms with van der Waals surface area (Å²) in [5.41, 5.74) is -1.65. The molecule has 0 aromatic carbocycles. The van der Waals surface area contributed by atoms with Crippen LogP contribution in [0.15, 0.2) is 0 Å². The van der Waals surface area contributed by atoms with Gasteiger partial charge in [-0.3, -0.25) is 4.90 Å². The van der Waals surface area contributed by atoms with Crippen molar-refractivity contribution in [3.63, 3.8) is 0 Å². The van der Waals surface area contributed by atoms with Crippen molar-refractivity contribution >= 4 is 5.97 Å². The summed E-state index contributed by atoms with van der Waals surface area (Å²) in [4.78, 5) is 13.1. The van der Waals surface area contributed by atoms with Crippen molar-refractivity contribution in [2.75, 3.05) is 26.2 Å². The van der Waals surface area contributed by atoms with E-state index < -0.39 is 11.6 Å². The Bertz CT molecular complexity index is 250. The van der Waals surface area contributed by atoms with E-state index in [1.807, 2.05) is 0 Å². The molecule has 3 N–H and O–H groups in total. The van der Waals surface area contributed by atoms with E-state index in [-0.39, 0.29) is 6.54 Å². The zero-order chi connectivity index (χ0) is 12.9. The van der Waals surface area contributed by atoms with Crippen LogP contribution in [0.1, 0.15) is 33.1 Å². The monoisotopic (exact) mass is 244 g/mol. The number of rotatable bonds is 6. The van der Waals surface area contributed by atoms with Crippen molar-refractivity contribution in [3.8, 4) is 0 Å². The highest BCUT2D eigenvalue weighted by Crippen LogP contribution is 2.16. The number of carboxylic acid groups (broad SMARTS) is 1. The molecule has 5 nitrogen and oxygen atoms in total. The molecule has 5 heteroatoms. The van der Waals surface area contributed by atoms with Crippen LogP contribution >= 0.6 is 0 Å². The summed E-state index contributed by atoms with van der Waals surface area (Å²) in [6.45, 7) is 6.44. The summed E-state index contributed by atoms with van der Waals surface area (Å²) >= 11 is 0. The van der Waals surface area contributed by atoms with Gasteiger partial charge in [0, 0.05) is 12.6 Å². The molecule has 1 aliphatic rings. The maximum atomic E-state index is 11.0. The lowest BCUT2D eigenvalue weighted by Gasteiger charge is -2.37. The van der Waals surface area contributed by atoms with E-state index in [9.17, 15) is 9.90 Å². The number of aliphatic hydroxyl groups is 1. The standard InChI is InChI=1S/C12H24N2O3/c1-3-8-14(9-12(2,17)11(15)16)10-4-6-13-7-5-10/h10,13,17H,3-9H2,1-2H3,(H,15,16). The molecule has 0 aromatic rings. The van der Waals surface area contributed by atoms with E-state index >= 15 is 0 Å². The average molecular weight is 244 g/mol. The van der Waals surface area contributed by atoms with Gasteiger partial charge in [-0.15, -0.1) is 0 Å². The van der Waals surface area contributed by atoms with E-state index in [1.165, 1.54) is 6.92 Å². The zero-order valence-electron chi connectivity index (χ0n) is 10.8. The quantitative estimate of drug-likeness (QED) is 0.626. The smallest absolute Gasteiger partial charge is 0.336 e. The van der Waals surface area contributed by atoms with Crippen LogP contribution in [0.25, 0.3) is 0 Å². The van der Waals surface area contributed by atoms with Crippen molar-refractivity contribution < 1.29 is 15.0 Å². The number of aliphatic carboxylic acids is 1. The summed E-state index contributed by atoms with van der Waals surface area (Å²) in [6.07, 6.45) is 3.02. The maximum absolute atomic E-state index is 11.0. The van der Waals surface area contributed by atoms with Gasteiger partial charge >= 0.3 is 5.97 Å². The maximum Gasteiger partial charge on any atom is 0.336 e. The molecule has 1 fully saturated rings. The second-order valence-electron chi connectivity index (χ2n) is 5.03. The molecule has 1 unspecified atom stereocenters. The average Bonchev–Trinajstić information content (AvgIpc) is 2.29. The Morgan fingerprint density at radius 2 is 2.06 bits per heavy atom. The predicted octanol–water partition coefficient (Wildman–Crippen LogP) is 0.286. The molecule has 0 spiro atoms. The topological polar surface area (TPSA) is 72.8 Å². The minimum atomic E-state index is -1.65.